The third kappa shape index (κ3) is 5.66. The number of nitrogens with zero attached hydrogens (tertiary/aromatic N) is 2. The van der Waals surface area contributed by atoms with Crippen LogP contribution in [-0.4, -0.2) is 26.3 Å². The van der Waals surface area contributed by atoms with Crippen LogP contribution in [0.3, 0.4) is 0 Å². The van der Waals surface area contributed by atoms with Crippen LogP contribution in [0.5, 0.6) is 0 Å². The second-order valence-electron chi connectivity index (χ2n) is 7.69. The highest BCUT2D eigenvalue weighted by Gasteiger charge is 2.35. The number of hydrazine groups is 1. The summed E-state index contributed by atoms with van der Waals surface area (Å²) in [6.45, 7) is 3.46. The molecule has 0 N–H and O–H groups in total. The maximum Gasteiger partial charge on any atom is 0.284 e. The quantitative estimate of drug-likeness (QED) is 0.209. The average Bonchev–Trinajstić information content (AvgIpc) is 2.78. The molecule has 0 spiro atoms. The Labute approximate surface area is 197 Å². The lowest BCUT2D eigenvalue weighted by Crippen LogP contribution is -2.48. The average molecular weight is 476 g/mol. The predicted octanol–water partition coefficient (Wildman–Crippen LogP) is 7.03. The first kappa shape index (κ1) is 23.3. The van der Waals surface area contributed by atoms with Gasteiger partial charge >= 0.3 is 0 Å². The fourth-order valence-electron chi connectivity index (χ4n) is 3.06. The Morgan fingerprint density at radius 2 is 1.29 bits per heavy atom. The Hall–Kier alpha value is -2.37. The Balaban J connectivity index is 1.70. The first-order valence-electron chi connectivity index (χ1n) is 9.59. The molecule has 4 nitrogen and oxygen atoms in total. The number of hydrogen-bond acceptors (Lipinski definition) is 3. The van der Waals surface area contributed by atoms with Crippen LogP contribution in [-0.2, 0) is 0 Å². The number of hydrogen-bond donors (Lipinski definition) is 0. The third-order valence-corrected chi connectivity index (χ3v) is 6.06. The summed E-state index contributed by atoms with van der Waals surface area (Å²) in [5.74, 6) is -0.639. The summed E-state index contributed by atoms with van der Waals surface area (Å²) < 4.78 is 1.85. The number of ketones is 1. The summed E-state index contributed by atoms with van der Waals surface area (Å²) >= 11 is 18.5. The van der Waals surface area contributed by atoms with E-state index in [1.54, 1.807) is 50.2 Å². The summed E-state index contributed by atoms with van der Waals surface area (Å²) in [5.41, 5.74) is 1.98. The van der Waals surface area contributed by atoms with Crippen molar-refractivity contribution in [3.63, 3.8) is 0 Å². The first-order valence-corrected chi connectivity index (χ1v) is 10.6. The molecule has 0 atom stereocenters. The van der Waals surface area contributed by atoms with Gasteiger partial charge in [0.1, 0.15) is 0 Å². The lowest BCUT2D eigenvalue weighted by molar-refractivity contribution is 0.0374. The molecule has 0 heterocycles. The number of amides is 1. The highest BCUT2D eigenvalue weighted by Crippen LogP contribution is 2.29. The van der Waals surface area contributed by atoms with Crippen molar-refractivity contribution in [1.82, 2.24) is 9.06 Å². The Bertz CT molecular complexity index is 1050. The van der Waals surface area contributed by atoms with Crippen LogP contribution in [0.1, 0.15) is 41.0 Å². The molecule has 7 heteroatoms. The minimum Gasteiger partial charge on any atom is -0.294 e. The molecule has 0 aliphatic rings. The van der Waals surface area contributed by atoms with Gasteiger partial charge in [-0.05, 0) is 61.4 Å². The Morgan fingerprint density at radius 3 is 1.87 bits per heavy atom. The summed E-state index contributed by atoms with van der Waals surface area (Å²) in [6, 6.07) is 23.5. The van der Waals surface area contributed by atoms with E-state index < -0.39 is 11.4 Å². The number of benzene rings is 3. The van der Waals surface area contributed by atoms with Crippen LogP contribution in [0.2, 0.25) is 5.02 Å². The molecule has 0 aliphatic carbocycles. The Morgan fingerprint density at radius 1 is 0.774 bits per heavy atom. The van der Waals surface area contributed by atoms with Crippen LogP contribution in [0.15, 0.2) is 78.9 Å². The molecule has 0 saturated heterocycles. The van der Waals surface area contributed by atoms with E-state index >= 15 is 0 Å². The van der Waals surface area contributed by atoms with Crippen molar-refractivity contribution >= 4 is 46.8 Å². The van der Waals surface area contributed by atoms with E-state index in [0.717, 1.165) is 20.2 Å². The van der Waals surface area contributed by atoms with E-state index in [9.17, 15) is 9.59 Å². The molecule has 0 saturated carbocycles. The smallest absolute Gasteiger partial charge is 0.284 e. The van der Waals surface area contributed by atoms with Crippen molar-refractivity contribution in [2.75, 3.05) is 0 Å². The molecular formula is C24H21Cl3N2O2. The summed E-state index contributed by atoms with van der Waals surface area (Å²) in [7, 11) is 0. The van der Waals surface area contributed by atoms with Gasteiger partial charge in [0.15, 0.2) is 5.78 Å². The minimum absolute atomic E-state index is 0.0432. The molecule has 0 fully saturated rings. The highest BCUT2D eigenvalue weighted by molar-refractivity contribution is 6.30. The Kier molecular flexibility index (Phi) is 7.39. The van der Waals surface area contributed by atoms with E-state index in [0.29, 0.717) is 16.1 Å². The van der Waals surface area contributed by atoms with Crippen LogP contribution in [0, 0.1) is 0 Å². The molecule has 3 aromatic carbocycles. The van der Waals surface area contributed by atoms with Gasteiger partial charge in [-0.15, -0.1) is 4.53 Å². The van der Waals surface area contributed by atoms with Crippen molar-refractivity contribution < 1.29 is 9.59 Å². The lowest BCUT2D eigenvalue weighted by Gasteiger charge is -2.35. The summed E-state index contributed by atoms with van der Waals surface area (Å²) in [5, 5.41) is 0.547. The number of Topliss-reactive ketones (excluding diaryl/α,β-unsaturated/α-hetero) is 1. The van der Waals surface area contributed by atoms with Gasteiger partial charge in [-0.3, -0.25) is 9.59 Å². The van der Waals surface area contributed by atoms with E-state index in [1.165, 1.54) is 0 Å². The zero-order chi connectivity index (χ0) is 22.6. The summed E-state index contributed by atoms with van der Waals surface area (Å²) in [4.78, 5) is 25.5. The van der Waals surface area contributed by atoms with Gasteiger partial charge in [-0.2, -0.15) is 4.53 Å². The van der Waals surface area contributed by atoms with Gasteiger partial charge in [-0.25, -0.2) is 0 Å². The number of rotatable bonds is 7. The standard InChI is InChI=1S/C24H21Cl3N2O2/c1-24(2,16-22(30)19-12-14-21(25)15-13-19)29(27)28(26)23(31)20-10-8-18(9-11-20)17-6-4-3-5-7-17/h3-15H,16H2,1-2H3. The SMILES string of the molecule is CC(C)(CC(=O)c1ccc(Cl)cc1)N(Cl)N(Cl)C(=O)c1ccc(-c2ccccc2)cc1. The van der Waals surface area contributed by atoms with Crippen molar-refractivity contribution in [3.8, 4) is 11.1 Å². The molecule has 0 unspecified atom stereocenters. The summed E-state index contributed by atoms with van der Waals surface area (Å²) in [6.07, 6.45) is 0.0432. The van der Waals surface area contributed by atoms with Crippen LogP contribution >= 0.6 is 35.2 Å². The second kappa shape index (κ2) is 9.84. The van der Waals surface area contributed by atoms with Gasteiger partial charge in [0.25, 0.3) is 5.91 Å². The molecule has 31 heavy (non-hydrogen) atoms. The molecule has 0 aromatic heterocycles. The molecule has 0 bridgehead atoms. The maximum atomic E-state index is 12.8. The monoisotopic (exact) mass is 474 g/mol. The fraction of sp³-hybridized carbons (Fsp3) is 0.167. The number of carbonyl (C=O) groups is 2. The maximum absolute atomic E-state index is 12.8. The molecule has 0 aliphatic heterocycles. The fourth-order valence-corrected chi connectivity index (χ4v) is 3.61. The predicted molar refractivity (Wildman–Crippen MR) is 126 cm³/mol. The van der Waals surface area contributed by atoms with E-state index in [-0.39, 0.29) is 12.2 Å². The van der Waals surface area contributed by atoms with Crippen LogP contribution in [0.25, 0.3) is 11.1 Å². The molecule has 3 aromatic rings. The highest BCUT2D eigenvalue weighted by atomic mass is 35.5. The van der Waals surface area contributed by atoms with Gasteiger partial charge in [0, 0.05) is 46.1 Å². The second-order valence-corrected chi connectivity index (χ2v) is 8.76. The van der Waals surface area contributed by atoms with Crippen molar-refractivity contribution in [1.29, 1.82) is 0 Å². The minimum atomic E-state index is -0.931. The first-order chi connectivity index (χ1) is 14.7. The number of carbonyl (C=O) groups excluding carboxylic acids is 2. The van der Waals surface area contributed by atoms with Gasteiger partial charge in [-0.1, -0.05) is 54.1 Å². The lowest BCUT2D eigenvalue weighted by atomic mass is 9.95. The van der Waals surface area contributed by atoms with Crippen molar-refractivity contribution in [3.05, 3.63) is 95.0 Å². The molecular weight excluding hydrogens is 455 g/mol. The third-order valence-electron chi connectivity index (χ3n) is 4.82. The van der Waals surface area contributed by atoms with Crippen LogP contribution in [0.4, 0.5) is 0 Å². The van der Waals surface area contributed by atoms with Crippen molar-refractivity contribution in [2.24, 2.45) is 0 Å². The molecule has 0 radical (unpaired) electrons. The topological polar surface area (TPSA) is 40.6 Å². The largest absolute Gasteiger partial charge is 0.294 e. The normalized spacial score (nSPS) is 11.4. The van der Waals surface area contributed by atoms with Gasteiger partial charge in [0.05, 0.1) is 5.54 Å². The zero-order valence-corrected chi connectivity index (χ0v) is 19.3. The van der Waals surface area contributed by atoms with E-state index in [2.05, 4.69) is 0 Å². The molecule has 160 valence electrons. The van der Waals surface area contributed by atoms with Crippen molar-refractivity contribution in [2.45, 2.75) is 25.8 Å². The molecule has 1 amide bonds. The van der Waals surface area contributed by atoms with Crippen LogP contribution < -0.4 is 0 Å². The van der Waals surface area contributed by atoms with E-state index in [1.807, 2.05) is 42.5 Å². The number of halogens is 3. The zero-order valence-electron chi connectivity index (χ0n) is 17.1. The van der Waals surface area contributed by atoms with Gasteiger partial charge in [0.2, 0.25) is 0 Å². The van der Waals surface area contributed by atoms with E-state index in [4.69, 9.17) is 35.2 Å². The molecule has 3 rings (SSSR count). The van der Waals surface area contributed by atoms with Gasteiger partial charge < -0.3 is 0 Å².